The van der Waals surface area contributed by atoms with Crippen molar-refractivity contribution in [2.75, 3.05) is 4.90 Å². The summed E-state index contributed by atoms with van der Waals surface area (Å²) in [5.41, 5.74) is 2.49. The molecule has 0 fully saturated rings. The number of Topliss-reactive ketones (excluding diaryl/α,β-unsaturated/α-hetero) is 1. The van der Waals surface area contributed by atoms with Crippen LogP contribution in [0.15, 0.2) is 90.2 Å². The molecule has 0 saturated carbocycles. The fourth-order valence-electron chi connectivity index (χ4n) is 3.89. The van der Waals surface area contributed by atoms with E-state index in [1.165, 1.54) is 4.90 Å². The first kappa shape index (κ1) is 21.4. The molecule has 1 aliphatic rings. The van der Waals surface area contributed by atoms with Crippen LogP contribution in [0.25, 0.3) is 0 Å². The van der Waals surface area contributed by atoms with E-state index < -0.39 is 17.7 Å². The predicted molar refractivity (Wildman–Crippen MR) is 124 cm³/mol. The monoisotopic (exact) mass is 427 g/mol. The molecule has 0 spiro atoms. The molecule has 162 valence electrons. The van der Waals surface area contributed by atoms with Crippen LogP contribution in [0.4, 0.5) is 5.69 Å². The van der Waals surface area contributed by atoms with E-state index in [1.54, 1.807) is 38.1 Å². The van der Waals surface area contributed by atoms with E-state index in [1.807, 2.05) is 61.5 Å². The number of anilines is 1. The predicted octanol–water partition coefficient (Wildman–Crippen LogP) is 5.91. The summed E-state index contributed by atoms with van der Waals surface area (Å²) in [7, 11) is 0. The molecule has 0 radical (unpaired) electrons. The number of aliphatic hydroxyl groups is 1. The van der Waals surface area contributed by atoms with Gasteiger partial charge in [-0.25, -0.2) is 0 Å². The molecule has 3 aromatic rings. The molecule has 1 aliphatic heterocycles. The number of benzene rings is 3. The Labute approximate surface area is 187 Å². The van der Waals surface area contributed by atoms with Crippen molar-refractivity contribution in [1.82, 2.24) is 0 Å². The van der Waals surface area contributed by atoms with Crippen molar-refractivity contribution in [2.24, 2.45) is 5.92 Å². The highest BCUT2D eigenvalue weighted by molar-refractivity contribution is 6.16. The number of carbonyl (C=O) groups excluding carboxylic acids is 2. The van der Waals surface area contributed by atoms with E-state index in [0.717, 1.165) is 11.1 Å². The highest BCUT2D eigenvalue weighted by Crippen LogP contribution is 2.42. The van der Waals surface area contributed by atoms with Crippen molar-refractivity contribution >= 4 is 17.4 Å². The number of para-hydroxylation sites is 1. The van der Waals surface area contributed by atoms with E-state index in [-0.39, 0.29) is 17.3 Å². The number of hydrogen-bond donors (Lipinski definition) is 1. The average molecular weight is 428 g/mol. The molecule has 3 aromatic carbocycles. The molecule has 0 aliphatic carbocycles. The van der Waals surface area contributed by atoms with Gasteiger partial charge in [-0.05, 0) is 48.9 Å². The first-order valence-corrected chi connectivity index (χ1v) is 10.6. The summed E-state index contributed by atoms with van der Waals surface area (Å²) < 4.78 is 5.84. The topological polar surface area (TPSA) is 66.8 Å². The van der Waals surface area contributed by atoms with Crippen molar-refractivity contribution in [3.05, 3.63) is 101 Å². The summed E-state index contributed by atoms with van der Waals surface area (Å²) in [5.74, 6) is -0.339. The number of ketones is 1. The molecule has 1 heterocycles. The smallest absolute Gasteiger partial charge is 0.294 e. The standard InChI is InChI=1S/C27H25NO4/c1-17(2)25(29)23-24(19-9-7-8-18(3)16-19)28(27(31)26(23)30)20-12-14-22(15-13-20)32-21-10-5-4-6-11-21/h4-17,24,30H,1-3H3. The molecule has 32 heavy (non-hydrogen) atoms. The van der Waals surface area contributed by atoms with Crippen molar-refractivity contribution in [3.8, 4) is 11.5 Å². The maximum atomic E-state index is 13.1. The minimum absolute atomic E-state index is 0.139. The Morgan fingerprint density at radius 1 is 0.938 bits per heavy atom. The Hall–Kier alpha value is -3.86. The number of carbonyl (C=O) groups is 2. The van der Waals surface area contributed by atoms with Crippen LogP contribution < -0.4 is 9.64 Å². The number of aliphatic hydroxyl groups excluding tert-OH is 1. The first-order valence-electron chi connectivity index (χ1n) is 10.6. The SMILES string of the molecule is Cc1cccc(C2C(C(=O)C(C)C)=C(O)C(=O)N2c2ccc(Oc3ccccc3)cc2)c1. The summed E-state index contributed by atoms with van der Waals surface area (Å²) in [6.07, 6.45) is 0. The minimum Gasteiger partial charge on any atom is -0.503 e. The second-order valence-corrected chi connectivity index (χ2v) is 8.18. The van der Waals surface area contributed by atoms with Crippen LogP contribution in [0, 0.1) is 12.8 Å². The van der Waals surface area contributed by atoms with Crippen molar-refractivity contribution in [3.63, 3.8) is 0 Å². The van der Waals surface area contributed by atoms with Gasteiger partial charge in [-0.3, -0.25) is 14.5 Å². The number of nitrogens with zero attached hydrogens (tertiary/aromatic N) is 1. The van der Waals surface area contributed by atoms with Crippen LogP contribution in [-0.4, -0.2) is 16.8 Å². The van der Waals surface area contributed by atoms with Crippen LogP contribution in [0.5, 0.6) is 11.5 Å². The van der Waals surface area contributed by atoms with Gasteiger partial charge in [0, 0.05) is 11.6 Å². The quantitative estimate of drug-likeness (QED) is 0.531. The molecule has 1 atom stereocenters. The first-order chi connectivity index (χ1) is 15.4. The second kappa shape index (κ2) is 8.71. The van der Waals surface area contributed by atoms with Gasteiger partial charge in [0.2, 0.25) is 0 Å². The van der Waals surface area contributed by atoms with Gasteiger partial charge in [0.1, 0.15) is 11.5 Å². The van der Waals surface area contributed by atoms with Gasteiger partial charge in [-0.2, -0.15) is 0 Å². The average Bonchev–Trinajstić information content (AvgIpc) is 3.05. The van der Waals surface area contributed by atoms with Crippen molar-refractivity contribution < 1.29 is 19.4 Å². The van der Waals surface area contributed by atoms with Gasteiger partial charge < -0.3 is 9.84 Å². The van der Waals surface area contributed by atoms with Crippen LogP contribution in [0.1, 0.15) is 31.0 Å². The third-order valence-electron chi connectivity index (χ3n) is 5.45. The van der Waals surface area contributed by atoms with Crippen LogP contribution in [0.2, 0.25) is 0 Å². The van der Waals surface area contributed by atoms with Crippen LogP contribution in [0.3, 0.4) is 0 Å². The lowest BCUT2D eigenvalue weighted by molar-refractivity contribution is -0.119. The molecule has 0 aromatic heterocycles. The number of hydrogen-bond acceptors (Lipinski definition) is 4. The zero-order chi connectivity index (χ0) is 22.8. The molecule has 4 rings (SSSR count). The maximum Gasteiger partial charge on any atom is 0.294 e. The number of aryl methyl sites for hydroxylation is 1. The van der Waals surface area contributed by atoms with Crippen LogP contribution in [-0.2, 0) is 9.59 Å². The summed E-state index contributed by atoms with van der Waals surface area (Å²) in [5, 5.41) is 10.7. The third kappa shape index (κ3) is 4.02. The molecule has 0 bridgehead atoms. The maximum absolute atomic E-state index is 13.1. The number of amides is 1. The van der Waals surface area contributed by atoms with Crippen molar-refractivity contribution in [2.45, 2.75) is 26.8 Å². The lowest BCUT2D eigenvalue weighted by Crippen LogP contribution is -2.31. The fourth-order valence-corrected chi connectivity index (χ4v) is 3.89. The molecule has 5 nitrogen and oxygen atoms in total. The normalized spacial score (nSPS) is 16.1. The summed E-state index contributed by atoms with van der Waals surface area (Å²) in [6, 6.07) is 23.4. The molecule has 1 amide bonds. The molecular formula is C27H25NO4. The fraction of sp³-hybridized carbons (Fsp3) is 0.185. The van der Waals surface area contributed by atoms with Gasteiger partial charge >= 0.3 is 0 Å². The summed E-state index contributed by atoms with van der Waals surface area (Å²) >= 11 is 0. The lowest BCUT2D eigenvalue weighted by atomic mass is 9.90. The zero-order valence-corrected chi connectivity index (χ0v) is 18.3. The number of rotatable bonds is 6. The van der Waals surface area contributed by atoms with E-state index in [4.69, 9.17) is 4.74 Å². The van der Waals surface area contributed by atoms with Gasteiger partial charge in [-0.15, -0.1) is 0 Å². The van der Waals surface area contributed by atoms with Gasteiger partial charge in [0.25, 0.3) is 5.91 Å². The van der Waals surface area contributed by atoms with E-state index in [0.29, 0.717) is 17.2 Å². The summed E-state index contributed by atoms with van der Waals surface area (Å²) in [4.78, 5) is 27.6. The van der Waals surface area contributed by atoms with Crippen molar-refractivity contribution in [1.29, 1.82) is 0 Å². The molecule has 1 N–H and O–H groups in total. The Morgan fingerprint density at radius 3 is 2.22 bits per heavy atom. The second-order valence-electron chi connectivity index (χ2n) is 8.18. The van der Waals surface area contributed by atoms with Gasteiger partial charge in [0.05, 0.1) is 11.6 Å². The van der Waals surface area contributed by atoms with Crippen LogP contribution >= 0.6 is 0 Å². The largest absolute Gasteiger partial charge is 0.503 e. The van der Waals surface area contributed by atoms with E-state index >= 15 is 0 Å². The van der Waals surface area contributed by atoms with E-state index in [2.05, 4.69) is 0 Å². The highest BCUT2D eigenvalue weighted by Gasteiger charge is 2.44. The highest BCUT2D eigenvalue weighted by atomic mass is 16.5. The van der Waals surface area contributed by atoms with E-state index in [9.17, 15) is 14.7 Å². The van der Waals surface area contributed by atoms with Gasteiger partial charge in [0.15, 0.2) is 11.5 Å². The lowest BCUT2D eigenvalue weighted by Gasteiger charge is -2.27. The third-order valence-corrected chi connectivity index (χ3v) is 5.45. The molecule has 5 heteroatoms. The molecule has 0 saturated heterocycles. The zero-order valence-electron chi connectivity index (χ0n) is 18.3. The Morgan fingerprint density at radius 2 is 1.59 bits per heavy atom. The Balaban J connectivity index is 1.73. The Bertz CT molecular complexity index is 1180. The van der Waals surface area contributed by atoms with Gasteiger partial charge in [-0.1, -0.05) is 61.9 Å². The number of ether oxygens (including phenoxy) is 1. The summed E-state index contributed by atoms with van der Waals surface area (Å²) in [6.45, 7) is 5.48. The Kier molecular flexibility index (Phi) is 5.82. The molecular weight excluding hydrogens is 402 g/mol. The molecule has 1 unspecified atom stereocenters. The minimum atomic E-state index is -0.696.